The molecule has 0 unspecified atom stereocenters. The van der Waals surface area contributed by atoms with Gasteiger partial charge in [-0.2, -0.15) is 0 Å². The van der Waals surface area contributed by atoms with Crippen LogP contribution in [0.4, 0.5) is 0 Å². The number of hydrogen-bond acceptors (Lipinski definition) is 8. The lowest BCUT2D eigenvalue weighted by atomic mass is 10.1. The number of rotatable bonds is 6. The Balaban J connectivity index is 1.42. The second-order valence-electron chi connectivity index (χ2n) is 8.15. The van der Waals surface area contributed by atoms with E-state index in [2.05, 4.69) is 15.9 Å². The number of methoxy groups -OCH3 is 3. The maximum absolute atomic E-state index is 13.1. The van der Waals surface area contributed by atoms with Crippen LogP contribution in [0.3, 0.4) is 0 Å². The number of ether oxygens (including phenoxy) is 5. The van der Waals surface area contributed by atoms with Gasteiger partial charge in [0.1, 0.15) is 17.1 Å². The van der Waals surface area contributed by atoms with Crippen LogP contribution in [0.1, 0.15) is 32.0 Å². The van der Waals surface area contributed by atoms with E-state index >= 15 is 0 Å². The maximum Gasteiger partial charge on any atom is 0.379 e. The number of allylic oxidation sites excluding steroid dienone is 1. The Morgan fingerprint density at radius 2 is 1.65 bits per heavy atom. The Hall–Kier alpha value is -4.24. The first-order chi connectivity index (χ1) is 17.8. The van der Waals surface area contributed by atoms with Crippen molar-refractivity contribution in [3.63, 3.8) is 0 Å². The second-order valence-corrected chi connectivity index (χ2v) is 9.06. The van der Waals surface area contributed by atoms with Gasteiger partial charge in [-0.3, -0.25) is 4.79 Å². The van der Waals surface area contributed by atoms with Crippen LogP contribution in [0.2, 0.25) is 0 Å². The Labute approximate surface area is 220 Å². The van der Waals surface area contributed by atoms with Crippen molar-refractivity contribution >= 4 is 44.7 Å². The summed E-state index contributed by atoms with van der Waals surface area (Å²) in [6.07, 6.45) is 1.59. The molecule has 37 heavy (non-hydrogen) atoms. The van der Waals surface area contributed by atoms with Gasteiger partial charge in [0.05, 0.1) is 26.9 Å². The normalized spacial score (nSPS) is 13.4. The van der Waals surface area contributed by atoms with Crippen molar-refractivity contribution in [1.82, 2.24) is 0 Å². The van der Waals surface area contributed by atoms with Crippen LogP contribution in [0.15, 0.2) is 63.2 Å². The predicted octanol–water partition coefficient (Wildman–Crippen LogP) is 6.36. The van der Waals surface area contributed by atoms with Crippen LogP contribution < -0.4 is 23.7 Å². The van der Waals surface area contributed by atoms with E-state index in [0.29, 0.717) is 45.3 Å². The summed E-state index contributed by atoms with van der Waals surface area (Å²) in [6, 6.07) is 13.6. The Bertz CT molecular complexity index is 1570. The molecule has 5 rings (SSSR count). The van der Waals surface area contributed by atoms with Crippen LogP contribution in [0.5, 0.6) is 28.7 Å². The molecule has 8 nitrogen and oxygen atoms in total. The van der Waals surface area contributed by atoms with E-state index in [-0.39, 0.29) is 23.1 Å². The molecule has 0 saturated heterocycles. The zero-order valence-electron chi connectivity index (χ0n) is 20.3. The largest absolute Gasteiger partial charge is 0.493 e. The quantitative estimate of drug-likeness (QED) is 0.151. The molecular weight excluding hydrogens is 544 g/mol. The second kappa shape index (κ2) is 9.67. The molecule has 1 aliphatic heterocycles. The van der Waals surface area contributed by atoms with Gasteiger partial charge in [0.2, 0.25) is 17.3 Å². The summed E-state index contributed by atoms with van der Waals surface area (Å²) < 4.78 is 34.1. The fourth-order valence-corrected chi connectivity index (χ4v) is 4.46. The Morgan fingerprint density at radius 1 is 0.919 bits per heavy atom. The lowest BCUT2D eigenvalue weighted by Crippen LogP contribution is -2.08. The standard InChI is InChI=1S/C28H21BrO8/c1-14-19(37-28(31)24-13-16-12-17(29)5-7-20(16)35-24)8-6-18-25(30)21(36-26(14)18)9-15-10-22(32-2)27(34-4)23(11-15)33-3/h5-13H,1-4H3/b21-9-. The van der Waals surface area contributed by atoms with Gasteiger partial charge in [-0.15, -0.1) is 0 Å². The van der Waals surface area contributed by atoms with Crippen molar-refractivity contribution in [3.05, 3.63) is 81.2 Å². The lowest BCUT2D eigenvalue weighted by Gasteiger charge is -2.13. The van der Waals surface area contributed by atoms with Crippen molar-refractivity contribution in [3.8, 4) is 28.7 Å². The van der Waals surface area contributed by atoms with Gasteiger partial charge in [-0.25, -0.2) is 4.79 Å². The molecular formula is C28H21BrO8. The number of carbonyl (C=O) groups is 2. The van der Waals surface area contributed by atoms with E-state index in [1.165, 1.54) is 21.3 Å². The van der Waals surface area contributed by atoms with E-state index in [1.54, 1.807) is 49.4 Å². The van der Waals surface area contributed by atoms with E-state index in [4.69, 9.17) is 28.1 Å². The smallest absolute Gasteiger partial charge is 0.379 e. The SMILES string of the molecule is COc1cc(/C=C2\Oc3c(ccc(OC(=O)c4cc5cc(Br)ccc5o4)c3C)C2=O)cc(OC)c1OC. The lowest BCUT2D eigenvalue weighted by molar-refractivity contribution is 0.0702. The van der Waals surface area contributed by atoms with Crippen LogP contribution in [-0.4, -0.2) is 33.1 Å². The summed E-state index contributed by atoms with van der Waals surface area (Å²) >= 11 is 3.40. The third-order valence-corrected chi connectivity index (χ3v) is 6.40. The number of esters is 1. The van der Waals surface area contributed by atoms with Crippen molar-refractivity contribution in [2.24, 2.45) is 0 Å². The van der Waals surface area contributed by atoms with Gasteiger partial charge in [-0.05, 0) is 67.1 Å². The topological polar surface area (TPSA) is 93.4 Å². The number of Topliss-reactive ketones (excluding diaryl/α,β-unsaturated/α-hetero) is 1. The predicted molar refractivity (Wildman–Crippen MR) is 139 cm³/mol. The number of benzene rings is 3. The first-order valence-electron chi connectivity index (χ1n) is 11.1. The molecule has 0 spiro atoms. The maximum atomic E-state index is 13.1. The van der Waals surface area contributed by atoms with Crippen LogP contribution >= 0.6 is 15.9 Å². The highest BCUT2D eigenvalue weighted by Crippen LogP contribution is 2.42. The van der Waals surface area contributed by atoms with Crippen molar-refractivity contribution in [2.75, 3.05) is 21.3 Å². The molecule has 9 heteroatoms. The van der Waals surface area contributed by atoms with E-state index in [0.717, 1.165) is 9.86 Å². The number of fused-ring (bicyclic) bond motifs is 2. The van der Waals surface area contributed by atoms with Crippen LogP contribution in [0, 0.1) is 6.92 Å². The summed E-state index contributed by atoms with van der Waals surface area (Å²) in [4.78, 5) is 25.8. The summed E-state index contributed by atoms with van der Waals surface area (Å²) in [5.41, 5.74) is 2.05. The van der Waals surface area contributed by atoms with Gasteiger partial charge < -0.3 is 28.1 Å². The average molecular weight is 565 g/mol. The molecule has 0 atom stereocenters. The minimum Gasteiger partial charge on any atom is -0.493 e. The van der Waals surface area contributed by atoms with Crippen molar-refractivity contribution in [1.29, 1.82) is 0 Å². The number of furan rings is 1. The zero-order chi connectivity index (χ0) is 26.3. The Kier molecular flexibility index (Phi) is 6.39. The molecule has 0 N–H and O–H groups in total. The van der Waals surface area contributed by atoms with Crippen molar-refractivity contribution < 1.29 is 37.7 Å². The fourth-order valence-electron chi connectivity index (χ4n) is 4.08. The van der Waals surface area contributed by atoms with Gasteiger partial charge in [-0.1, -0.05) is 15.9 Å². The van der Waals surface area contributed by atoms with Gasteiger partial charge in [0, 0.05) is 15.4 Å². The highest BCUT2D eigenvalue weighted by Gasteiger charge is 2.31. The molecule has 1 aliphatic rings. The number of ketones is 1. The highest BCUT2D eigenvalue weighted by molar-refractivity contribution is 9.10. The molecule has 4 aromatic rings. The molecule has 2 heterocycles. The molecule has 188 valence electrons. The van der Waals surface area contributed by atoms with Gasteiger partial charge >= 0.3 is 5.97 Å². The summed E-state index contributed by atoms with van der Waals surface area (Å²) in [6.45, 7) is 1.72. The average Bonchev–Trinajstić information content (AvgIpc) is 3.46. The monoisotopic (exact) mass is 564 g/mol. The summed E-state index contributed by atoms with van der Waals surface area (Å²) in [5.74, 6) is 1.12. The van der Waals surface area contributed by atoms with Crippen LogP contribution in [-0.2, 0) is 0 Å². The van der Waals surface area contributed by atoms with Crippen LogP contribution in [0.25, 0.3) is 17.0 Å². The first kappa shape index (κ1) is 24.5. The molecule has 0 fully saturated rings. The van der Waals surface area contributed by atoms with E-state index < -0.39 is 5.97 Å². The molecule has 0 aliphatic carbocycles. The first-order valence-corrected chi connectivity index (χ1v) is 11.9. The van der Waals surface area contributed by atoms with E-state index in [1.807, 2.05) is 12.1 Å². The summed E-state index contributed by atoms with van der Waals surface area (Å²) in [5, 5.41) is 0.766. The highest BCUT2D eigenvalue weighted by atomic mass is 79.9. The number of halogens is 1. The minimum absolute atomic E-state index is 0.0629. The molecule has 0 amide bonds. The van der Waals surface area contributed by atoms with E-state index in [9.17, 15) is 9.59 Å². The van der Waals surface area contributed by atoms with Crippen molar-refractivity contribution in [2.45, 2.75) is 6.92 Å². The molecule has 3 aromatic carbocycles. The van der Waals surface area contributed by atoms with Gasteiger partial charge in [0.15, 0.2) is 17.3 Å². The van der Waals surface area contributed by atoms with Gasteiger partial charge in [0.25, 0.3) is 0 Å². The summed E-state index contributed by atoms with van der Waals surface area (Å²) in [7, 11) is 4.54. The fraction of sp³-hybridized carbons (Fsp3) is 0.143. The molecule has 1 aromatic heterocycles. The molecule has 0 saturated carbocycles. The molecule has 0 radical (unpaired) electrons. The Morgan fingerprint density at radius 3 is 2.32 bits per heavy atom. The minimum atomic E-state index is -0.659. The number of hydrogen-bond donors (Lipinski definition) is 0. The third kappa shape index (κ3) is 4.42. The zero-order valence-corrected chi connectivity index (χ0v) is 21.9. The molecule has 0 bridgehead atoms. The third-order valence-electron chi connectivity index (χ3n) is 5.90. The number of carbonyl (C=O) groups excluding carboxylic acids is 2.